The van der Waals surface area contributed by atoms with Gasteiger partial charge in [-0.1, -0.05) is 20.8 Å². The zero-order valence-electron chi connectivity index (χ0n) is 19.6. The molecule has 0 aromatic heterocycles. The van der Waals surface area contributed by atoms with E-state index in [2.05, 4.69) is 5.32 Å². The number of Topliss-reactive ketones (excluding diaryl/α,β-unsaturated/α-hetero) is 2. The van der Waals surface area contributed by atoms with Crippen molar-refractivity contribution < 1.29 is 23.5 Å². The molecule has 7 heteroatoms. The predicted molar refractivity (Wildman–Crippen MR) is 125 cm³/mol. The molecule has 1 aromatic rings. The van der Waals surface area contributed by atoms with Gasteiger partial charge in [0.2, 0.25) is 5.91 Å². The van der Waals surface area contributed by atoms with Crippen molar-refractivity contribution in [1.82, 2.24) is 5.32 Å². The molecule has 4 atom stereocenters. The first-order valence-corrected chi connectivity index (χ1v) is 12.6. The van der Waals surface area contributed by atoms with Gasteiger partial charge in [-0.25, -0.2) is 15.3 Å². The summed E-state index contributed by atoms with van der Waals surface area (Å²) in [5.74, 6) is -0.294. The Hall–Kier alpha value is -1.89. The van der Waals surface area contributed by atoms with Gasteiger partial charge in [-0.3, -0.25) is 14.4 Å². The summed E-state index contributed by atoms with van der Waals surface area (Å²) >= 11 is 0. The Balaban J connectivity index is 2.25. The molecule has 1 amide bonds. The molecule has 2 rings (SSSR count). The standard InChI is InChI=1S/C24H36FNO4S/c1-8-21-18(12-24(5,6)23(29)26-14(2)3)22(28)15(4)31(21)13-19(27)17-11-16(25)9-10-20(17)30-7/h9-11,14-15,18,21,31H,8,12-13H2,1-7H3,(H,26,29). The van der Waals surface area contributed by atoms with Crippen molar-refractivity contribution >= 4 is 28.4 Å². The van der Waals surface area contributed by atoms with Gasteiger partial charge >= 0.3 is 0 Å². The fraction of sp³-hybridized carbons (Fsp3) is 0.625. The summed E-state index contributed by atoms with van der Waals surface area (Å²) in [5, 5.41) is 2.79. The zero-order chi connectivity index (χ0) is 23.5. The lowest BCUT2D eigenvalue weighted by molar-refractivity contribution is -0.132. The van der Waals surface area contributed by atoms with Crippen LogP contribution in [0, 0.1) is 17.2 Å². The van der Waals surface area contributed by atoms with E-state index < -0.39 is 22.1 Å². The van der Waals surface area contributed by atoms with Gasteiger partial charge in [0.15, 0.2) is 5.78 Å². The number of nitrogens with one attached hydrogen (secondary N) is 1. The second-order valence-electron chi connectivity index (χ2n) is 9.32. The van der Waals surface area contributed by atoms with E-state index in [-0.39, 0.29) is 51.2 Å². The van der Waals surface area contributed by atoms with Crippen LogP contribution in [0.25, 0.3) is 0 Å². The Labute approximate surface area is 187 Å². The molecule has 1 heterocycles. The Morgan fingerprint density at radius 2 is 1.94 bits per heavy atom. The maximum absolute atomic E-state index is 13.8. The number of hydrogen-bond acceptors (Lipinski definition) is 4. The van der Waals surface area contributed by atoms with Crippen LogP contribution >= 0.6 is 10.9 Å². The molecule has 0 radical (unpaired) electrons. The van der Waals surface area contributed by atoms with Crippen LogP contribution < -0.4 is 10.1 Å². The van der Waals surface area contributed by atoms with Crippen LogP contribution in [-0.2, 0) is 9.59 Å². The number of carbonyl (C=O) groups excluding carboxylic acids is 3. The summed E-state index contributed by atoms with van der Waals surface area (Å²) in [6, 6.07) is 3.95. The molecule has 1 saturated heterocycles. The number of amides is 1. The highest BCUT2D eigenvalue weighted by atomic mass is 32.2. The highest BCUT2D eigenvalue weighted by Crippen LogP contribution is 2.53. The van der Waals surface area contributed by atoms with Gasteiger partial charge in [-0.05, 0) is 57.1 Å². The molecular formula is C24H36FNO4S. The van der Waals surface area contributed by atoms with Gasteiger partial charge in [0.25, 0.3) is 0 Å². The van der Waals surface area contributed by atoms with Crippen LogP contribution in [0.4, 0.5) is 4.39 Å². The molecule has 174 valence electrons. The minimum Gasteiger partial charge on any atom is -0.496 e. The summed E-state index contributed by atoms with van der Waals surface area (Å²) in [6.07, 6.45) is 1.23. The maximum Gasteiger partial charge on any atom is 0.225 e. The molecule has 4 unspecified atom stereocenters. The number of halogens is 1. The smallest absolute Gasteiger partial charge is 0.225 e. The van der Waals surface area contributed by atoms with Gasteiger partial charge in [0.05, 0.1) is 12.7 Å². The summed E-state index contributed by atoms with van der Waals surface area (Å²) < 4.78 is 19.0. The van der Waals surface area contributed by atoms with E-state index in [4.69, 9.17) is 4.74 Å². The van der Waals surface area contributed by atoms with E-state index in [1.165, 1.54) is 25.3 Å². The third-order valence-electron chi connectivity index (χ3n) is 6.14. The lowest BCUT2D eigenvalue weighted by Crippen LogP contribution is -2.43. The van der Waals surface area contributed by atoms with E-state index in [1.807, 2.05) is 41.5 Å². The van der Waals surface area contributed by atoms with Crippen molar-refractivity contribution in [2.75, 3.05) is 12.9 Å². The molecule has 0 saturated carbocycles. The first-order chi connectivity index (χ1) is 14.4. The monoisotopic (exact) mass is 453 g/mol. The lowest BCUT2D eigenvalue weighted by Gasteiger charge is -2.32. The van der Waals surface area contributed by atoms with Gasteiger partial charge in [0.1, 0.15) is 17.3 Å². The maximum atomic E-state index is 13.8. The average Bonchev–Trinajstić information content (AvgIpc) is 2.91. The number of rotatable bonds is 9. The van der Waals surface area contributed by atoms with Gasteiger partial charge < -0.3 is 10.1 Å². The quantitative estimate of drug-likeness (QED) is 0.431. The first-order valence-electron chi connectivity index (χ1n) is 10.9. The van der Waals surface area contributed by atoms with Crippen molar-refractivity contribution in [2.45, 2.75) is 70.9 Å². The summed E-state index contributed by atoms with van der Waals surface area (Å²) in [7, 11) is 0.514. The van der Waals surface area contributed by atoms with Crippen molar-refractivity contribution in [3.05, 3.63) is 29.6 Å². The number of methoxy groups -OCH3 is 1. The molecule has 0 spiro atoms. The van der Waals surface area contributed by atoms with Crippen LogP contribution in [0.1, 0.15) is 64.7 Å². The Morgan fingerprint density at radius 1 is 1.29 bits per heavy atom. The molecule has 0 bridgehead atoms. The highest BCUT2D eigenvalue weighted by Gasteiger charge is 2.48. The van der Waals surface area contributed by atoms with Crippen LogP contribution in [0.3, 0.4) is 0 Å². The fourth-order valence-electron chi connectivity index (χ4n) is 4.44. The third-order valence-corrected chi connectivity index (χ3v) is 9.61. The minimum absolute atomic E-state index is 0.0305. The number of benzene rings is 1. The topological polar surface area (TPSA) is 72.5 Å². The van der Waals surface area contributed by atoms with E-state index in [1.54, 1.807) is 0 Å². The van der Waals surface area contributed by atoms with E-state index in [0.29, 0.717) is 12.2 Å². The third kappa shape index (κ3) is 5.68. The molecule has 31 heavy (non-hydrogen) atoms. The highest BCUT2D eigenvalue weighted by molar-refractivity contribution is 8.19. The summed E-state index contributed by atoms with van der Waals surface area (Å²) in [5.41, 5.74) is -0.460. The van der Waals surface area contributed by atoms with Crippen molar-refractivity contribution in [3.63, 3.8) is 0 Å². The Kier molecular flexibility index (Phi) is 8.31. The van der Waals surface area contributed by atoms with Gasteiger partial charge in [0, 0.05) is 28.4 Å². The largest absolute Gasteiger partial charge is 0.496 e. The van der Waals surface area contributed by atoms with Crippen molar-refractivity contribution in [2.24, 2.45) is 11.3 Å². The van der Waals surface area contributed by atoms with Crippen molar-refractivity contribution in [3.8, 4) is 5.75 Å². The zero-order valence-corrected chi connectivity index (χ0v) is 20.5. The van der Waals surface area contributed by atoms with Crippen LogP contribution in [0.2, 0.25) is 0 Å². The van der Waals surface area contributed by atoms with Crippen LogP contribution in [0.5, 0.6) is 5.75 Å². The fourth-order valence-corrected chi connectivity index (χ4v) is 7.73. The predicted octanol–water partition coefficient (Wildman–Crippen LogP) is 4.33. The molecule has 1 aliphatic rings. The second kappa shape index (κ2) is 10.2. The molecule has 5 nitrogen and oxygen atoms in total. The first kappa shape index (κ1) is 25.4. The van der Waals surface area contributed by atoms with E-state index in [0.717, 1.165) is 6.42 Å². The molecule has 1 fully saturated rings. The molecular weight excluding hydrogens is 417 g/mol. The van der Waals surface area contributed by atoms with Gasteiger partial charge in [-0.2, -0.15) is 0 Å². The van der Waals surface area contributed by atoms with E-state index in [9.17, 15) is 18.8 Å². The van der Waals surface area contributed by atoms with Crippen molar-refractivity contribution in [1.29, 1.82) is 0 Å². The SMILES string of the molecule is CCC1C(CC(C)(C)C(=O)NC(C)C)C(=O)C(C)[SH]1CC(=O)c1cc(F)ccc1OC. The Morgan fingerprint density at radius 3 is 2.48 bits per heavy atom. The molecule has 0 aliphatic carbocycles. The number of hydrogen-bond donors (Lipinski definition) is 2. The van der Waals surface area contributed by atoms with Gasteiger partial charge in [-0.15, -0.1) is 0 Å². The Bertz CT molecular complexity index is 839. The van der Waals surface area contributed by atoms with Crippen LogP contribution in [-0.4, -0.2) is 46.9 Å². The normalized spacial score (nSPS) is 25.0. The second-order valence-corrected chi connectivity index (χ2v) is 12.1. The summed E-state index contributed by atoms with van der Waals surface area (Å²) in [6.45, 7) is 11.5. The summed E-state index contributed by atoms with van der Waals surface area (Å²) in [4.78, 5) is 38.9. The average molecular weight is 454 g/mol. The number of ketones is 2. The molecule has 1 aliphatic heterocycles. The number of carbonyl (C=O) groups is 3. The lowest BCUT2D eigenvalue weighted by atomic mass is 9.78. The molecule has 1 N–H and O–H groups in total. The minimum atomic E-state index is -0.936. The van der Waals surface area contributed by atoms with Crippen LogP contribution in [0.15, 0.2) is 18.2 Å². The number of ether oxygens (including phenoxy) is 1. The molecule has 1 aromatic carbocycles. The van der Waals surface area contributed by atoms with E-state index >= 15 is 0 Å². The number of thiol groups is 1.